The van der Waals surface area contributed by atoms with E-state index in [0.29, 0.717) is 12.1 Å². The summed E-state index contributed by atoms with van der Waals surface area (Å²) in [5, 5.41) is 6.39. The molecule has 19 heavy (non-hydrogen) atoms. The molecule has 3 rings (SSSR count). The van der Waals surface area contributed by atoms with Gasteiger partial charge in [-0.1, -0.05) is 42.5 Å². The summed E-state index contributed by atoms with van der Waals surface area (Å²) in [4.78, 5) is 0. The Morgan fingerprint density at radius 3 is 2.53 bits per heavy atom. The van der Waals surface area contributed by atoms with Gasteiger partial charge in [0.25, 0.3) is 0 Å². The molecule has 0 spiro atoms. The molecule has 1 saturated carbocycles. The largest absolute Gasteiger partial charge is 0.328 e. The molecule has 2 aromatic carbocycles. The Labute approximate surface area is 115 Å². The molecule has 1 fully saturated rings. The van der Waals surface area contributed by atoms with Crippen LogP contribution in [-0.4, -0.2) is 12.1 Å². The molecule has 0 unspecified atom stereocenters. The molecule has 2 aromatic rings. The van der Waals surface area contributed by atoms with E-state index in [0.717, 1.165) is 19.4 Å². The van der Waals surface area contributed by atoms with Crippen molar-refractivity contribution in [2.45, 2.75) is 44.3 Å². The van der Waals surface area contributed by atoms with Crippen molar-refractivity contribution in [1.29, 1.82) is 0 Å². The van der Waals surface area contributed by atoms with Crippen LogP contribution in [-0.2, 0) is 6.54 Å². The molecule has 100 valence electrons. The van der Waals surface area contributed by atoms with Crippen LogP contribution in [0.1, 0.15) is 31.2 Å². The van der Waals surface area contributed by atoms with E-state index in [1.807, 2.05) is 0 Å². The number of fused-ring (bicyclic) bond motifs is 1. The van der Waals surface area contributed by atoms with Gasteiger partial charge in [0.05, 0.1) is 0 Å². The van der Waals surface area contributed by atoms with Crippen LogP contribution < -0.4 is 11.1 Å². The molecule has 0 radical (unpaired) electrons. The third-order valence-electron chi connectivity index (χ3n) is 4.23. The van der Waals surface area contributed by atoms with Gasteiger partial charge < -0.3 is 11.1 Å². The minimum atomic E-state index is 0.426. The molecule has 0 amide bonds. The quantitative estimate of drug-likeness (QED) is 0.882. The van der Waals surface area contributed by atoms with Gasteiger partial charge in [0, 0.05) is 18.6 Å². The fraction of sp³-hybridized carbons (Fsp3) is 0.412. The van der Waals surface area contributed by atoms with Gasteiger partial charge in [0.1, 0.15) is 0 Å². The van der Waals surface area contributed by atoms with Gasteiger partial charge in [-0.25, -0.2) is 0 Å². The lowest BCUT2D eigenvalue weighted by Gasteiger charge is -2.27. The van der Waals surface area contributed by atoms with Crippen molar-refractivity contribution >= 4 is 10.8 Å². The minimum absolute atomic E-state index is 0.426. The van der Waals surface area contributed by atoms with E-state index in [-0.39, 0.29) is 0 Å². The van der Waals surface area contributed by atoms with E-state index in [9.17, 15) is 0 Å². The lowest BCUT2D eigenvalue weighted by Crippen LogP contribution is -2.37. The minimum Gasteiger partial charge on any atom is -0.328 e. The first-order chi connectivity index (χ1) is 9.33. The summed E-state index contributed by atoms with van der Waals surface area (Å²) in [6.45, 7) is 0.960. The number of nitrogens with one attached hydrogen (secondary N) is 1. The highest BCUT2D eigenvalue weighted by Crippen LogP contribution is 2.20. The second-order valence-electron chi connectivity index (χ2n) is 5.63. The summed E-state index contributed by atoms with van der Waals surface area (Å²) in [7, 11) is 0. The molecule has 0 heterocycles. The molecule has 1 aliphatic carbocycles. The molecular formula is C17H22N2. The second kappa shape index (κ2) is 5.72. The molecule has 0 bridgehead atoms. The SMILES string of the molecule is NC1CCC(NCc2cccc3ccccc23)CC1. The smallest absolute Gasteiger partial charge is 0.0214 e. The first-order valence-corrected chi connectivity index (χ1v) is 7.28. The summed E-state index contributed by atoms with van der Waals surface area (Å²) in [6.07, 6.45) is 4.75. The first kappa shape index (κ1) is 12.6. The number of hydrogen-bond donors (Lipinski definition) is 2. The lowest BCUT2D eigenvalue weighted by atomic mass is 9.91. The van der Waals surface area contributed by atoms with Crippen molar-refractivity contribution in [3.8, 4) is 0 Å². The maximum Gasteiger partial charge on any atom is 0.0214 e. The number of benzene rings is 2. The van der Waals surface area contributed by atoms with Crippen LogP contribution in [0.15, 0.2) is 42.5 Å². The van der Waals surface area contributed by atoms with E-state index in [2.05, 4.69) is 47.8 Å². The van der Waals surface area contributed by atoms with Crippen molar-refractivity contribution in [3.63, 3.8) is 0 Å². The van der Waals surface area contributed by atoms with Gasteiger partial charge in [0.15, 0.2) is 0 Å². The Kier molecular flexibility index (Phi) is 3.81. The van der Waals surface area contributed by atoms with Crippen LogP contribution in [0, 0.1) is 0 Å². The van der Waals surface area contributed by atoms with Crippen LogP contribution in [0.2, 0.25) is 0 Å². The first-order valence-electron chi connectivity index (χ1n) is 7.28. The lowest BCUT2D eigenvalue weighted by molar-refractivity contribution is 0.342. The van der Waals surface area contributed by atoms with Gasteiger partial charge in [-0.2, -0.15) is 0 Å². The van der Waals surface area contributed by atoms with Crippen LogP contribution in [0.5, 0.6) is 0 Å². The molecular weight excluding hydrogens is 232 g/mol. The van der Waals surface area contributed by atoms with Crippen LogP contribution in [0.3, 0.4) is 0 Å². The maximum absolute atomic E-state index is 5.95. The van der Waals surface area contributed by atoms with Crippen LogP contribution in [0.25, 0.3) is 10.8 Å². The molecule has 0 atom stereocenters. The number of hydrogen-bond acceptors (Lipinski definition) is 2. The van der Waals surface area contributed by atoms with Crippen molar-refractivity contribution in [2.24, 2.45) is 5.73 Å². The van der Waals surface area contributed by atoms with Crippen LogP contribution >= 0.6 is 0 Å². The Balaban J connectivity index is 1.68. The predicted molar refractivity (Wildman–Crippen MR) is 81.0 cm³/mol. The average molecular weight is 254 g/mol. The topological polar surface area (TPSA) is 38.0 Å². The van der Waals surface area contributed by atoms with E-state index in [1.165, 1.54) is 29.2 Å². The normalized spacial score (nSPS) is 23.6. The average Bonchev–Trinajstić information content (AvgIpc) is 2.47. The third-order valence-corrected chi connectivity index (χ3v) is 4.23. The van der Waals surface area contributed by atoms with E-state index in [1.54, 1.807) is 0 Å². The van der Waals surface area contributed by atoms with Crippen molar-refractivity contribution in [2.75, 3.05) is 0 Å². The fourth-order valence-electron chi connectivity index (χ4n) is 3.02. The van der Waals surface area contributed by atoms with Gasteiger partial charge in [0.2, 0.25) is 0 Å². The van der Waals surface area contributed by atoms with E-state index in [4.69, 9.17) is 5.73 Å². The highest BCUT2D eigenvalue weighted by molar-refractivity contribution is 5.85. The fourth-order valence-corrected chi connectivity index (χ4v) is 3.02. The Bertz CT molecular complexity index is 536. The second-order valence-corrected chi connectivity index (χ2v) is 5.63. The zero-order valence-corrected chi connectivity index (χ0v) is 11.3. The van der Waals surface area contributed by atoms with Crippen molar-refractivity contribution in [3.05, 3.63) is 48.0 Å². The molecule has 2 heteroatoms. The zero-order chi connectivity index (χ0) is 13.1. The number of rotatable bonds is 3. The summed E-state index contributed by atoms with van der Waals surface area (Å²) in [5.41, 5.74) is 7.35. The Morgan fingerprint density at radius 2 is 1.68 bits per heavy atom. The van der Waals surface area contributed by atoms with Crippen molar-refractivity contribution < 1.29 is 0 Å². The summed E-state index contributed by atoms with van der Waals surface area (Å²) in [5.74, 6) is 0. The van der Waals surface area contributed by atoms with E-state index >= 15 is 0 Å². The summed E-state index contributed by atoms with van der Waals surface area (Å²) in [6, 6.07) is 16.2. The third kappa shape index (κ3) is 2.96. The van der Waals surface area contributed by atoms with Crippen LogP contribution in [0.4, 0.5) is 0 Å². The van der Waals surface area contributed by atoms with Gasteiger partial charge >= 0.3 is 0 Å². The summed E-state index contributed by atoms with van der Waals surface area (Å²) >= 11 is 0. The standard InChI is InChI=1S/C17H22N2/c18-15-8-10-16(11-9-15)19-12-14-6-3-5-13-4-1-2-7-17(13)14/h1-7,15-16,19H,8-12,18H2. The Morgan fingerprint density at radius 1 is 0.947 bits per heavy atom. The molecule has 0 aliphatic heterocycles. The Hall–Kier alpha value is -1.38. The molecule has 2 nitrogen and oxygen atoms in total. The van der Waals surface area contributed by atoms with Gasteiger partial charge in [-0.15, -0.1) is 0 Å². The maximum atomic E-state index is 5.95. The predicted octanol–water partition coefficient (Wildman–Crippen LogP) is 3.20. The molecule has 0 aromatic heterocycles. The van der Waals surface area contributed by atoms with Gasteiger partial charge in [-0.05, 0) is 42.0 Å². The monoisotopic (exact) mass is 254 g/mol. The van der Waals surface area contributed by atoms with E-state index < -0.39 is 0 Å². The van der Waals surface area contributed by atoms with Gasteiger partial charge in [-0.3, -0.25) is 0 Å². The highest BCUT2D eigenvalue weighted by Gasteiger charge is 2.17. The number of nitrogens with two attached hydrogens (primary N) is 1. The molecule has 0 saturated heterocycles. The molecule has 1 aliphatic rings. The molecule has 3 N–H and O–H groups in total. The summed E-state index contributed by atoms with van der Waals surface area (Å²) < 4.78 is 0. The highest BCUT2D eigenvalue weighted by atomic mass is 14.9. The zero-order valence-electron chi connectivity index (χ0n) is 11.3. The van der Waals surface area contributed by atoms with Crippen molar-refractivity contribution in [1.82, 2.24) is 5.32 Å².